The number of benzene rings is 1. The molecule has 3 heterocycles. The summed E-state index contributed by atoms with van der Waals surface area (Å²) in [6.45, 7) is 0. The highest BCUT2D eigenvalue weighted by molar-refractivity contribution is 6.00. The van der Waals surface area contributed by atoms with Crippen LogP contribution in [0, 0.1) is 0 Å². The van der Waals surface area contributed by atoms with Crippen molar-refractivity contribution in [3.8, 4) is 17.2 Å². The van der Waals surface area contributed by atoms with Crippen LogP contribution < -0.4 is 16.8 Å². The third kappa shape index (κ3) is 1.94. The molecule has 4 atom stereocenters. The van der Waals surface area contributed by atoms with Crippen LogP contribution in [0.3, 0.4) is 0 Å². The molecule has 0 radical (unpaired) electrons. The van der Waals surface area contributed by atoms with Crippen LogP contribution in [0.1, 0.15) is 30.1 Å². The predicted octanol–water partition coefficient (Wildman–Crippen LogP) is -2.03. The summed E-state index contributed by atoms with van der Waals surface area (Å²) in [5.74, 6) is -5.88. The first-order valence-electron chi connectivity index (χ1n) is 7.51. The van der Waals surface area contributed by atoms with E-state index in [1.807, 2.05) is 0 Å². The molecular weight excluding hydrogens is 336 g/mol. The number of nitrogens with zero attached hydrogens (tertiary/aromatic N) is 1. The number of rotatable bonds is 1. The molecule has 2 amide bonds. The largest absolute Gasteiger partial charge is 0.504 e. The van der Waals surface area contributed by atoms with Gasteiger partial charge in [-0.15, -0.1) is 0 Å². The predicted molar refractivity (Wildman–Crippen MR) is 79.6 cm³/mol. The second-order valence-corrected chi connectivity index (χ2v) is 6.30. The fourth-order valence-electron chi connectivity index (χ4n) is 3.64. The minimum Gasteiger partial charge on any atom is -0.504 e. The van der Waals surface area contributed by atoms with Gasteiger partial charge in [-0.05, 0) is 6.42 Å². The Labute approximate surface area is 140 Å². The Morgan fingerprint density at radius 2 is 1.88 bits per heavy atom. The molecule has 9 N–H and O–H groups in total. The van der Waals surface area contributed by atoms with Crippen LogP contribution in [-0.4, -0.2) is 49.4 Å². The molecule has 0 saturated carbocycles. The number of nitrogens with one attached hydrogen (secondary N) is 1. The van der Waals surface area contributed by atoms with Crippen molar-refractivity contribution in [1.29, 1.82) is 0 Å². The molecule has 0 aliphatic carbocycles. The van der Waals surface area contributed by atoms with E-state index in [1.165, 1.54) is 0 Å². The summed E-state index contributed by atoms with van der Waals surface area (Å²) in [7, 11) is 0. The number of phenolic OH excluding ortho intramolecular Hbond substituents is 3. The molecule has 3 aliphatic rings. The van der Waals surface area contributed by atoms with Gasteiger partial charge in [0.2, 0.25) is 23.4 Å². The van der Waals surface area contributed by atoms with Crippen molar-refractivity contribution in [3.63, 3.8) is 0 Å². The number of amides is 2. The number of nitrogen functional groups attached to an aromatic ring is 1. The first-order chi connectivity index (χ1) is 11.7. The van der Waals surface area contributed by atoms with Gasteiger partial charge >= 0.3 is 0 Å². The van der Waals surface area contributed by atoms with Gasteiger partial charge in [0, 0.05) is 12.0 Å². The van der Waals surface area contributed by atoms with Crippen molar-refractivity contribution in [3.05, 3.63) is 11.1 Å². The van der Waals surface area contributed by atoms with E-state index in [4.69, 9.17) is 16.2 Å². The van der Waals surface area contributed by atoms with Gasteiger partial charge < -0.3 is 30.9 Å². The standard InChI is InChI=1S/C14H16N4O7/c15-7-6-5(8(20)10(22)9(7)21)11-13(25-11)18(14(6,16)24)3-1-2-4(19)17-12(3)23/h3,11,13,20-22,24H,1-2,15-16H2,(H,17,19,23). The van der Waals surface area contributed by atoms with Crippen molar-refractivity contribution in [2.24, 2.45) is 5.73 Å². The lowest BCUT2D eigenvalue weighted by Crippen LogP contribution is -2.65. The highest BCUT2D eigenvalue weighted by atomic mass is 16.6. The third-order valence-corrected chi connectivity index (χ3v) is 4.83. The van der Waals surface area contributed by atoms with E-state index < -0.39 is 59.0 Å². The average Bonchev–Trinajstić information content (AvgIpc) is 3.30. The van der Waals surface area contributed by atoms with Gasteiger partial charge in [-0.1, -0.05) is 0 Å². The van der Waals surface area contributed by atoms with E-state index in [0.29, 0.717) is 0 Å². The van der Waals surface area contributed by atoms with Crippen molar-refractivity contribution in [2.75, 3.05) is 5.73 Å². The lowest BCUT2D eigenvalue weighted by molar-refractivity contribution is -0.172. The third-order valence-electron chi connectivity index (χ3n) is 4.83. The van der Waals surface area contributed by atoms with Gasteiger partial charge in [0.25, 0.3) is 0 Å². The maximum Gasteiger partial charge on any atom is 0.244 e. The lowest BCUT2D eigenvalue weighted by atomic mass is 9.89. The molecule has 2 saturated heterocycles. The zero-order valence-corrected chi connectivity index (χ0v) is 12.8. The van der Waals surface area contributed by atoms with Gasteiger partial charge in [-0.2, -0.15) is 0 Å². The first-order valence-corrected chi connectivity index (χ1v) is 7.51. The quantitative estimate of drug-likeness (QED) is 0.0739. The number of nitrogens with two attached hydrogens (primary N) is 2. The number of carbonyl (C=O) groups is 2. The molecule has 0 aromatic heterocycles. The second kappa shape index (κ2) is 4.73. The van der Waals surface area contributed by atoms with E-state index in [0.717, 1.165) is 4.90 Å². The van der Waals surface area contributed by atoms with E-state index >= 15 is 0 Å². The summed E-state index contributed by atoms with van der Waals surface area (Å²) < 4.78 is 5.42. The Kier molecular flexibility index (Phi) is 3.01. The molecule has 134 valence electrons. The van der Waals surface area contributed by atoms with E-state index in [2.05, 4.69) is 5.32 Å². The van der Waals surface area contributed by atoms with Crippen LogP contribution in [-0.2, 0) is 20.2 Å². The Hall–Kier alpha value is -2.60. The molecule has 3 aliphatic heterocycles. The molecule has 0 spiro atoms. The smallest absolute Gasteiger partial charge is 0.244 e. The maximum atomic E-state index is 12.2. The normalized spacial score (nSPS) is 34.2. The number of ether oxygens (including phenoxy) is 1. The van der Waals surface area contributed by atoms with E-state index in [9.17, 15) is 30.0 Å². The number of phenols is 3. The molecular formula is C14H16N4O7. The molecule has 0 bridgehead atoms. The number of hydrogen-bond acceptors (Lipinski definition) is 10. The number of epoxide rings is 1. The first kappa shape index (κ1) is 15.9. The average molecular weight is 352 g/mol. The molecule has 25 heavy (non-hydrogen) atoms. The highest BCUT2D eigenvalue weighted by Gasteiger charge is 2.63. The molecule has 1 aromatic rings. The number of anilines is 1. The van der Waals surface area contributed by atoms with Crippen molar-refractivity contribution in [2.45, 2.75) is 37.1 Å². The van der Waals surface area contributed by atoms with Crippen LogP contribution in [0.4, 0.5) is 5.69 Å². The van der Waals surface area contributed by atoms with E-state index in [1.54, 1.807) is 0 Å². The van der Waals surface area contributed by atoms with E-state index in [-0.39, 0.29) is 24.0 Å². The molecule has 11 heteroatoms. The fraction of sp³-hybridized carbons (Fsp3) is 0.429. The van der Waals surface area contributed by atoms with Crippen LogP contribution in [0.15, 0.2) is 0 Å². The van der Waals surface area contributed by atoms with Crippen LogP contribution in [0.5, 0.6) is 17.2 Å². The van der Waals surface area contributed by atoms with Gasteiger partial charge in [-0.3, -0.25) is 20.6 Å². The fourth-order valence-corrected chi connectivity index (χ4v) is 3.64. The Morgan fingerprint density at radius 1 is 1.20 bits per heavy atom. The lowest BCUT2D eigenvalue weighted by Gasteiger charge is -2.44. The Bertz CT molecular complexity index is 824. The van der Waals surface area contributed by atoms with Crippen LogP contribution in [0.2, 0.25) is 0 Å². The van der Waals surface area contributed by atoms with Gasteiger partial charge in [0.05, 0.1) is 17.3 Å². The van der Waals surface area contributed by atoms with Gasteiger partial charge in [0.15, 0.2) is 11.5 Å². The summed E-state index contributed by atoms with van der Waals surface area (Å²) in [4.78, 5) is 24.7. The summed E-state index contributed by atoms with van der Waals surface area (Å²) in [5, 5.41) is 42.8. The number of fused-ring (bicyclic) bond motifs is 3. The zero-order chi connectivity index (χ0) is 18.3. The molecule has 4 rings (SSSR count). The zero-order valence-electron chi connectivity index (χ0n) is 12.8. The monoisotopic (exact) mass is 352 g/mol. The molecule has 4 unspecified atom stereocenters. The topological polar surface area (TPSA) is 195 Å². The minimum atomic E-state index is -2.39. The van der Waals surface area contributed by atoms with Crippen LogP contribution >= 0.6 is 0 Å². The SMILES string of the molecule is Nc1c(O)c(O)c(O)c2c1C(N)(O)N(C1CCC(=O)NC1=O)C1OC21. The van der Waals surface area contributed by atoms with Crippen LogP contribution in [0.25, 0.3) is 0 Å². The highest BCUT2D eigenvalue weighted by Crippen LogP contribution is 2.60. The maximum absolute atomic E-state index is 12.2. The number of aliphatic hydroxyl groups is 1. The summed E-state index contributed by atoms with van der Waals surface area (Å²) in [6, 6.07) is -0.978. The number of piperidine rings is 1. The summed E-state index contributed by atoms with van der Waals surface area (Å²) >= 11 is 0. The number of imide groups is 1. The molecule has 11 nitrogen and oxygen atoms in total. The van der Waals surface area contributed by atoms with Crippen molar-refractivity contribution >= 4 is 17.5 Å². The molecule has 2 fully saturated rings. The minimum absolute atomic E-state index is 0.0497. The molecule has 1 aromatic carbocycles. The number of aromatic hydroxyl groups is 3. The second-order valence-electron chi connectivity index (χ2n) is 6.30. The summed E-state index contributed by atoms with van der Waals surface area (Å²) in [6.07, 6.45) is -1.52. The summed E-state index contributed by atoms with van der Waals surface area (Å²) in [5.41, 5.74) is 11.0. The number of hydrogen-bond donors (Lipinski definition) is 7. The van der Waals surface area contributed by atoms with Gasteiger partial charge in [-0.25, -0.2) is 4.90 Å². The van der Waals surface area contributed by atoms with Gasteiger partial charge in [0.1, 0.15) is 12.3 Å². The Morgan fingerprint density at radius 3 is 2.52 bits per heavy atom. The van der Waals surface area contributed by atoms with Crippen molar-refractivity contribution in [1.82, 2.24) is 10.2 Å². The number of carbonyl (C=O) groups excluding carboxylic acids is 2. The Balaban J connectivity index is 1.86. The van der Waals surface area contributed by atoms with Crippen molar-refractivity contribution < 1.29 is 34.8 Å².